The maximum Gasteiger partial charge on any atom is 0.421 e. The third-order valence-electron chi connectivity index (χ3n) is 3.17. The Hall–Kier alpha value is -1.91. The van der Waals surface area contributed by atoms with Crippen molar-refractivity contribution in [1.82, 2.24) is 0 Å². The number of nitrogens with zero attached hydrogens (tertiary/aromatic N) is 2. The van der Waals surface area contributed by atoms with E-state index >= 15 is 0 Å². The average Bonchev–Trinajstić information content (AvgIpc) is 2.50. The van der Waals surface area contributed by atoms with Crippen LogP contribution in [0, 0.1) is 6.92 Å². The first-order chi connectivity index (χ1) is 10.9. The Bertz CT molecular complexity index is 633. The van der Waals surface area contributed by atoms with Crippen LogP contribution in [-0.4, -0.2) is 31.6 Å². The van der Waals surface area contributed by atoms with Crippen molar-refractivity contribution in [2.75, 3.05) is 16.8 Å². The second-order valence-electron chi connectivity index (χ2n) is 4.79. The first-order valence-corrected chi connectivity index (χ1v) is 9.64. The number of nitrogens with two attached hydrogens (primary N) is 2. The SMILES string of the molecule is COC(=O)[C@H](CCCN=C(N)N)N(c1ccccc1C)I(=O)=O. The predicted molar refractivity (Wildman–Crippen MR) is 94.8 cm³/mol. The molecular formula is C14H21IN4O4. The lowest BCUT2D eigenvalue weighted by Crippen LogP contribution is -2.37. The molecule has 0 aliphatic heterocycles. The smallest absolute Gasteiger partial charge is 0.421 e. The topological polar surface area (TPSA) is 128 Å². The molecule has 23 heavy (non-hydrogen) atoms. The molecule has 128 valence electrons. The van der Waals surface area contributed by atoms with Gasteiger partial charge >= 0.3 is 26.0 Å². The summed E-state index contributed by atoms with van der Waals surface area (Å²) in [7, 11) is 1.23. The van der Waals surface area contributed by atoms with Crippen molar-refractivity contribution in [1.29, 1.82) is 0 Å². The Kier molecular flexibility index (Phi) is 7.72. The maximum absolute atomic E-state index is 12.1. The number of esters is 1. The summed E-state index contributed by atoms with van der Waals surface area (Å²) in [4.78, 5) is 15.9. The number of carbonyl (C=O) groups is 1. The summed E-state index contributed by atoms with van der Waals surface area (Å²) in [5.74, 6) is -0.650. The molecule has 0 aromatic heterocycles. The summed E-state index contributed by atoms with van der Waals surface area (Å²) in [5, 5.41) is 0. The van der Waals surface area contributed by atoms with E-state index < -0.39 is 32.1 Å². The number of para-hydroxylation sites is 1. The molecule has 0 bridgehead atoms. The summed E-state index contributed by atoms with van der Waals surface area (Å²) in [6.07, 6.45) is 0.709. The summed E-state index contributed by atoms with van der Waals surface area (Å²) in [5.41, 5.74) is 11.7. The van der Waals surface area contributed by atoms with E-state index in [1.54, 1.807) is 31.2 Å². The van der Waals surface area contributed by atoms with Gasteiger partial charge in [0.1, 0.15) is 6.04 Å². The Morgan fingerprint density at radius 1 is 1.35 bits per heavy atom. The molecule has 0 saturated carbocycles. The van der Waals surface area contributed by atoms with Crippen molar-refractivity contribution in [3.63, 3.8) is 0 Å². The Morgan fingerprint density at radius 2 is 2.00 bits per heavy atom. The van der Waals surface area contributed by atoms with Gasteiger partial charge in [-0.1, -0.05) is 18.2 Å². The first kappa shape index (κ1) is 19.1. The highest BCUT2D eigenvalue weighted by atomic mass is 127. The second kappa shape index (κ2) is 9.28. The molecule has 1 aromatic rings. The van der Waals surface area contributed by atoms with Crippen molar-refractivity contribution < 1.29 is 15.7 Å². The standard InChI is InChI=1S/C14H21IN4O4/c1-10-6-3-4-7-11(10)19(15(21)22)12(13(20)23-2)8-5-9-18-14(16)17/h3-4,6-7,12H,5,8-9H2,1-2H3,(H4,16,17,18)/t12-/m0/s1. The highest BCUT2D eigenvalue weighted by Gasteiger charge is 2.31. The Labute approximate surface area is 142 Å². The molecule has 0 aliphatic carbocycles. The number of guanidine groups is 1. The molecule has 1 rings (SSSR count). The minimum Gasteiger partial charge on any atom is -0.467 e. The molecule has 4 N–H and O–H groups in total. The second-order valence-corrected chi connectivity index (χ2v) is 6.97. The molecule has 1 aromatic carbocycles. The van der Waals surface area contributed by atoms with E-state index in [2.05, 4.69) is 4.99 Å². The van der Waals surface area contributed by atoms with Crippen LogP contribution in [0.3, 0.4) is 0 Å². The Morgan fingerprint density at radius 3 is 2.52 bits per heavy atom. The lowest BCUT2D eigenvalue weighted by molar-refractivity contribution is -0.142. The van der Waals surface area contributed by atoms with E-state index in [9.17, 15) is 10.9 Å². The number of aryl methyl sites for hydroxylation is 1. The molecule has 0 unspecified atom stereocenters. The van der Waals surface area contributed by atoms with E-state index in [0.717, 1.165) is 8.68 Å². The van der Waals surface area contributed by atoms with Crippen LogP contribution in [0.1, 0.15) is 18.4 Å². The number of anilines is 1. The van der Waals surface area contributed by atoms with Crippen molar-refractivity contribution in [2.24, 2.45) is 16.5 Å². The first-order valence-electron chi connectivity index (χ1n) is 6.92. The molecule has 1 atom stereocenters. The lowest BCUT2D eigenvalue weighted by atomic mass is 10.1. The summed E-state index contributed by atoms with van der Waals surface area (Å²) in [6.45, 7) is 2.10. The monoisotopic (exact) mass is 436 g/mol. The van der Waals surface area contributed by atoms with Gasteiger partial charge in [-0.3, -0.25) is 8.11 Å². The van der Waals surface area contributed by atoms with Gasteiger partial charge in [-0.15, -0.1) is 0 Å². The third kappa shape index (κ3) is 5.66. The van der Waals surface area contributed by atoms with Gasteiger partial charge in [0.25, 0.3) is 0 Å². The quantitative estimate of drug-likeness (QED) is 0.158. The van der Waals surface area contributed by atoms with Crippen LogP contribution in [0.25, 0.3) is 0 Å². The number of ether oxygens (including phenoxy) is 1. The summed E-state index contributed by atoms with van der Waals surface area (Å²) < 4.78 is 29.6. The highest BCUT2D eigenvalue weighted by Crippen LogP contribution is 2.33. The van der Waals surface area contributed by atoms with Crippen molar-refractivity contribution in [3.8, 4) is 0 Å². The van der Waals surface area contributed by atoms with Crippen LogP contribution in [-0.2, 0) is 15.7 Å². The minimum absolute atomic E-state index is 0.0449. The molecule has 0 saturated heterocycles. The fraction of sp³-hybridized carbons (Fsp3) is 0.429. The third-order valence-corrected chi connectivity index (χ3v) is 5.21. The largest absolute Gasteiger partial charge is 0.467 e. The number of rotatable bonds is 8. The highest BCUT2D eigenvalue weighted by molar-refractivity contribution is 14.2. The summed E-state index contributed by atoms with van der Waals surface area (Å²) in [6, 6.07) is 6.06. The summed E-state index contributed by atoms with van der Waals surface area (Å²) >= 11 is -3.98. The van der Waals surface area contributed by atoms with Gasteiger partial charge in [-0.25, -0.2) is 10.9 Å². The van der Waals surface area contributed by atoms with Crippen molar-refractivity contribution in [2.45, 2.75) is 25.8 Å². The van der Waals surface area contributed by atoms with Gasteiger partial charge in [0.05, 0.1) is 12.8 Å². The van der Waals surface area contributed by atoms with E-state index in [4.69, 9.17) is 16.2 Å². The number of halogens is 1. The molecule has 0 aliphatic rings. The molecule has 9 heteroatoms. The zero-order valence-electron chi connectivity index (χ0n) is 13.1. The molecule has 0 amide bonds. The van der Waals surface area contributed by atoms with E-state index in [1.807, 2.05) is 0 Å². The van der Waals surface area contributed by atoms with Gasteiger partial charge in [0.2, 0.25) is 0 Å². The van der Waals surface area contributed by atoms with Crippen LogP contribution >= 0.6 is 20.1 Å². The van der Waals surface area contributed by atoms with Gasteiger partial charge in [-0.2, -0.15) is 0 Å². The predicted octanol–water partition coefficient (Wildman–Crippen LogP) is 1.51. The molecule has 0 spiro atoms. The normalized spacial score (nSPS) is 11.8. The fourth-order valence-electron chi connectivity index (χ4n) is 2.09. The number of methoxy groups -OCH3 is 1. The number of aliphatic imine (C=N–C) groups is 1. The average molecular weight is 436 g/mol. The van der Waals surface area contributed by atoms with Crippen LogP contribution in [0.15, 0.2) is 29.3 Å². The molecule has 0 fully saturated rings. The van der Waals surface area contributed by atoms with Gasteiger partial charge in [0, 0.05) is 6.54 Å². The van der Waals surface area contributed by atoms with Crippen LogP contribution < -0.4 is 14.6 Å². The van der Waals surface area contributed by atoms with Crippen LogP contribution in [0.5, 0.6) is 0 Å². The van der Waals surface area contributed by atoms with E-state index in [0.29, 0.717) is 18.7 Å². The zero-order chi connectivity index (χ0) is 17.4. The maximum atomic E-state index is 12.1. The number of hydrogen-bond acceptors (Lipinski definition) is 5. The lowest BCUT2D eigenvalue weighted by Gasteiger charge is -2.26. The van der Waals surface area contributed by atoms with E-state index in [-0.39, 0.29) is 12.4 Å². The minimum atomic E-state index is -3.98. The van der Waals surface area contributed by atoms with Gasteiger partial charge in [-0.05, 0) is 31.4 Å². The number of hydrogen-bond donors (Lipinski definition) is 2. The number of benzene rings is 1. The van der Waals surface area contributed by atoms with Crippen molar-refractivity contribution >= 4 is 37.7 Å². The Balaban J connectivity index is 3.07. The van der Waals surface area contributed by atoms with E-state index in [1.165, 1.54) is 7.11 Å². The fourth-order valence-corrected chi connectivity index (χ4v) is 4.11. The van der Waals surface area contributed by atoms with Gasteiger partial charge < -0.3 is 16.2 Å². The molecule has 0 heterocycles. The zero-order valence-corrected chi connectivity index (χ0v) is 15.2. The van der Waals surface area contributed by atoms with Gasteiger partial charge in [0.15, 0.2) is 5.96 Å². The molecule has 8 nitrogen and oxygen atoms in total. The van der Waals surface area contributed by atoms with Crippen LogP contribution in [0.4, 0.5) is 5.69 Å². The van der Waals surface area contributed by atoms with Crippen LogP contribution in [0.2, 0.25) is 0 Å². The molecular weight excluding hydrogens is 415 g/mol. The molecule has 0 radical (unpaired) electrons. The van der Waals surface area contributed by atoms with Crippen molar-refractivity contribution in [3.05, 3.63) is 29.8 Å². The number of carbonyl (C=O) groups excluding carboxylic acids is 1.